The lowest BCUT2D eigenvalue weighted by Crippen LogP contribution is -2.57. The highest BCUT2D eigenvalue weighted by Crippen LogP contribution is 2.19. The molecule has 0 saturated carbocycles. The first-order valence-corrected chi connectivity index (χ1v) is 5.47. The fourth-order valence-corrected chi connectivity index (χ4v) is 2.04. The molecule has 0 aromatic carbocycles. The Balaban J connectivity index is 2.21. The third kappa shape index (κ3) is 2.31. The van der Waals surface area contributed by atoms with Crippen LogP contribution in [0.1, 0.15) is 19.5 Å². The molecule has 16 heavy (non-hydrogen) atoms. The van der Waals surface area contributed by atoms with Crippen LogP contribution >= 0.6 is 0 Å². The van der Waals surface area contributed by atoms with Crippen molar-refractivity contribution in [2.45, 2.75) is 19.4 Å². The van der Waals surface area contributed by atoms with E-state index in [0.717, 1.165) is 25.3 Å². The van der Waals surface area contributed by atoms with Crippen LogP contribution in [-0.2, 0) is 0 Å². The maximum atomic E-state index is 8.82. The predicted molar refractivity (Wildman–Crippen MR) is 63.2 cm³/mol. The van der Waals surface area contributed by atoms with E-state index < -0.39 is 0 Å². The molecule has 1 aromatic heterocycles. The third-order valence-electron chi connectivity index (χ3n) is 2.79. The molecule has 4 nitrogen and oxygen atoms in total. The van der Waals surface area contributed by atoms with E-state index in [2.05, 4.69) is 35.1 Å². The molecule has 0 aliphatic carbocycles. The van der Waals surface area contributed by atoms with Crippen LogP contribution in [0.25, 0.3) is 0 Å². The van der Waals surface area contributed by atoms with Crippen LogP contribution in [0.5, 0.6) is 0 Å². The number of nitriles is 1. The van der Waals surface area contributed by atoms with Crippen molar-refractivity contribution in [3.63, 3.8) is 0 Å². The van der Waals surface area contributed by atoms with Gasteiger partial charge in [0.05, 0.1) is 0 Å². The van der Waals surface area contributed by atoms with E-state index in [-0.39, 0.29) is 5.54 Å². The van der Waals surface area contributed by atoms with Crippen molar-refractivity contribution in [2.75, 3.05) is 24.5 Å². The Kier molecular flexibility index (Phi) is 2.80. The average Bonchev–Trinajstić information content (AvgIpc) is 2.28. The van der Waals surface area contributed by atoms with Crippen molar-refractivity contribution in [1.29, 1.82) is 5.26 Å². The SMILES string of the molecule is CC1(C)CN(c2ccnc(C#N)c2)CCN1. The van der Waals surface area contributed by atoms with Crippen LogP contribution in [0.15, 0.2) is 18.3 Å². The van der Waals surface area contributed by atoms with Crippen LogP contribution < -0.4 is 10.2 Å². The Labute approximate surface area is 95.9 Å². The standard InChI is InChI=1S/C12H16N4/c1-12(2)9-16(6-5-15-12)11-3-4-14-10(7-11)8-13/h3-4,7,15H,5-6,9H2,1-2H3. The minimum atomic E-state index is 0.119. The van der Waals surface area contributed by atoms with Gasteiger partial charge in [-0.2, -0.15) is 5.26 Å². The number of nitrogens with zero attached hydrogens (tertiary/aromatic N) is 3. The zero-order chi connectivity index (χ0) is 11.6. The molecule has 84 valence electrons. The summed E-state index contributed by atoms with van der Waals surface area (Å²) in [6.45, 7) is 7.26. The Morgan fingerprint density at radius 2 is 2.38 bits per heavy atom. The maximum absolute atomic E-state index is 8.82. The molecular weight excluding hydrogens is 200 g/mol. The van der Waals surface area contributed by atoms with Gasteiger partial charge in [-0.3, -0.25) is 0 Å². The number of pyridine rings is 1. The topological polar surface area (TPSA) is 52.0 Å². The molecule has 1 saturated heterocycles. The molecule has 2 rings (SSSR count). The molecule has 4 heteroatoms. The first-order valence-electron chi connectivity index (χ1n) is 5.47. The van der Waals surface area contributed by atoms with E-state index in [1.165, 1.54) is 0 Å². The highest BCUT2D eigenvalue weighted by Gasteiger charge is 2.25. The van der Waals surface area contributed by atoms with Crippen molar-refractivity contribution in [3.8, 4) is 6.07 Å². The van der Waals surface area contributed by atoms with E-state index in [0.29, 0.717) is 5.69 Å². The van der Waals surface area contributed by atoms with E-state index in [9.17, 15) is 0 Å². The van der Waals surface area contributed by atoms with Crippen molar-refractivity contribution in [2.24, 2.45) is 0 Å². The molecule has 1 N–H and O–H groups in total. The first-order chi connectivity index (χ1) is 7.61. The van der Waals surface area contributed by atoms with Gasteiger partial charge in [0.15, 0.2) is 0 Å². The maximum Gasteiger partial charge on any atom is 0.142 e. The van der Waals surface area contributed by atoms with E-state index in [1.54, 1.807) is 6.20 Å². The van der Waals surface area contributed by atoms with Gasteiger partial charge in [0.1, 0.15) is 11.8 Å². The number of anilines is 1. The molecule has 1 aliphatic heterocycles. The highest BCUT2D eigenvalue weighted by molar-refractivity contribution is 5.49. The van der Waals surface area contributed by atoms with Crippen LogP contribution in [0.2, 0.25) is 0 Å². The second-order valence-electron chi connectivity index (χ2n) is 4.74. The molecule has 1 aliphatic rings. The van der Waals surface area contributed by atoms with Gasteiger partial charge in [0.25, 0.3) is 0 Å². The molecule has 2 heterocycles. The molecule has 0 amide bonds. The van der Waals surface area contributed by atoms with Gasteiger partial charge in [-0.1, -0.05) is 0 Å². The summed E-state index contributed by atoms with van der Waals surface area (Å²) in [5, 5.41) is 12.3. The summed E-state index contributed by atoms with van der Waals surface area (Å²) in [5.41, 5.74) is 1.68. The molecule has 1 fully saturated rings. The fraction of sp³-hybridized carbons (Fsp3) is 0.500. The van der Waals surface area contributed by atoms with Gasteiger partial charge in [-0.15, -0.1) is 0 Å². The summed E-state index contributed by atoms with van der Waals surface area (Å²) < 4.78 is 0. The lowest BCUT2D eigenvalue weighted by Gasteiger charge is -2.40. The lowest BCUT2D eigenvalue weighted by atomic mass is 10.0. The normalized spacial score (nSPS) is 19.2. The summed E-state index contributed by atoms with van der Waals surface area (Å²) in [4.78, 5) is 6.28. The zero-order valence-electron chi connectivity index (χ0n) is 9.70. The number of rotatable bonds is 1. The Bertz CT molecular complexity index is 419. The van der Waals surface area contributed by atoms with E-state index in [4.69, 9.17) is 5.26 Å². The monoisotopic (exact) mass is 216 g/mol. The van der Waals surface area contributed by atoms with Gasteiger partial charge < -0.3 is 10.2 Å². The highest BCUT2D eigenvalue weighted by atomic mass is 15.2. The third-order valence-corrected chi connectivity index (χ3v) is 2.79. The Morgan fingerprint density at radius 1 is 1.56 bits per heavy atom. The number of piperazine rings is 1. The smallest absolute Gasteiger partial charge is 0.142 e. The Hall–Kier alpha value is -1.60. The average molecular weight is 216 g/mol. The van der Waals surface area contributed by atoms with Crippen LogP contribution in [0.4, 0.5) is 5.69 Å². The number of aromatic nitrogens is 1. The van der Waals surface area contributed by atoms with Gasteiger partial charge in [0.2, 0.25) is 0 Å². The molecular formula is C12H16N4. The first kappa shape index (κ1) is 10.9. The molecule has 0 spiro atoms. The zero-order valence-corrected chi connectivity index (χ0v) is 9.70. The minimum Gasteiger partial charge on any atom is -0.368 e. The fourth-order valence-electron chi connectivity index (χ4n) is 2.04. The summed E-state index contributed by atoms with van der Waals surface area (Å²) in [6.07, 6.45) is 1.70. The second kappa shape index (κ2) is 4.11. The van der Waals surface area contributed by atoms with Crippen molar-refractivity contribution >= 4 is 5.69 Å². The molecule has 0 radical (unpaired) electrons. The second-order valence-corrected chi connectivity index (χ2v) is 4.74. The summed E-state index contributed by atoms with van der Waals surface area (Å²) >= 11 is 0. The van der Waals surface area contributed by atoms with Gasteiger partial charge in [0, 0.05) is 37.1 Å². The van der Waals surface area contributed by atoms with Crippen molar-refractivity contribution in [3.05, 3.63) is 24.0 Å². The van der Waals surface area contributed by atoms with Gasteiger partial charge in [-0.05, 0) is 26.0 Å². The quantitative estimate of drug-likeness (QED) is 0.765. The number of nitrogens with one attached hydrogen (secondary N) is 1. The molecule has 0 atom stereocenters. The van der Waals surface area contributed by atoms with Gasteiger partial charge >= 0.3 is 0 Å². The largest absolute Gasteiger partial charge is 0.368 e. The van der Waals surface area contributed by atoms with E-state index in [1.807, 2.05) is 12.1 Å². The number of hydrogen-bond acceptors (Lipinski definition) is 4. The van der Waals surface area contributed by atoms with E-state index >= 15 is 0 Å². The Morgan fingerprint density at radius 3 is 3.06 bits per heavy atom. The van der Waals surface area contributed by atoms with Crippen LogP contribution in [0.3, 0.4) is 0 Å². The number of hydrogen-bond donors (Lipinski definition) is 1. The van der Waals surface area contributed by atoms with Gasteiger partial charge in [-0.25, -0.2) is 4.98 Å². The van der Waals surface area contributed by atoms with Crippen molar-refractivity contribution < 1.29 is 0 Å². The predicted octanol–water partition coefficient (Wildman–Crippen LogP) is 1.14. The summed E-state index contributed by atoms with van der Waals surface area (Å²) in [7, 11) is 0. The minimum absolute atomic E-state index is 0.119. The summed E-state index contributed by atoms with van der Waals surface area (Å²) in [6, 6.07) is 5.88. The molecule has 0 unspecified atom stereocenters. The molecule has 1 aromatic rings. The van der Waals surface area contributed by atoms with Crippen LogP contribution in [0, 0.1) is 11.3 Å². The lowest BCUT2D eigenvalue weighted by molar-refractivity contribution is 0.353. The van der Waals surface area contributed by atoms with Crippen LogP contribution in [-0.4, -0.2) is 30.2 Å². The van der Waals surface area contributed by atoms with Crippen molar-refractivity contribution in [1.82, 2.24) is 10.3 Å². The molecule has 0 bridgehead atoms. The summed E-state index contributed by atoms with van der Waals surface area (Å²) in [5.74, 6) is 0.